The Kier molecular flexibility index (Phi) is 9.60. The summed E-state index contributed by atoms with van der Waals surface area (Å²) in [4.78, 5) is 51.1. The third-order valence-corrected chi connectivity index (χ3v) is 7.10. The number of nitrogens with one attached hydrogen (secondary N) is 2. The van der Waals surface area contributed by atoms with Crippen LogP contribution in [0.5, 0.6) is 0 Å². The van der Waals surface area contributed by atoms with Gasteiger partial charge >= 0.3 is 11.9 Å². The maximum absolute atomic E-state index is 13.0. The first-order chi connectivity index (χ1) is 19.4. The first kappa shape index (κ1) is 32.4. The second-order valence-electron chi connectivity index (χ2n) is 11.6. The summed E-state index contributed by atoms with van der Waals surface area (Å²) in [6.45, 7) is 9.56. The number of sulfonamides is 1. The predicted octanol–water partition coefficient (Wildman–Crippen LogP) is 2.06. The molecular weight excluding hydrogens is 564 g/mol. The number of hydrogen-bond donors (Lipinski definition) is 3. The van der Waals surface area contributed by atoms with Crippen LogP contribution in [0.3, 0.4) is 0 Å². The number of carbonyl (C=O) groups excluding carboxylic acids is 3. The second kappa shape index (κ2) is 12.4. The molecule has 0 saturated carbocycles. The average molecular weight is 601 g/mol. The maximum atomic E-state index is 13.0. The smallest absolute Gasteiger partial charge is 0.328 e. The number of ether oxygens (including phenoxy) is 2. The second-order valence-corrected chi connectivity index (χ2v) is 13.3. The van der Waals surface area contributed by atoms with E-state index >= 15 is 0 Å². The van der Waals surface area contributed by atoms with E-state index in [1.54, 1.807) is 53.7 Å². The molecule has 0 radical (unpaired) electrons. The quantitative estimate of drug-likeness (QED) is 0.310. The van der Waals surface area contributed by atoms with Crippen molar-refractivity contribution in [1.29, 1.82) is 0 Å². The molecule has 0 spiro atoms. The third kappa shape index (κ3) is 8.71. The summed E-state index contributed by atoms with van der Waals surface area (Å²) in [6, 6.07) is 10.4. The largest absolute Gasteiger partial charge is 0.459 e. The van der Waals surface area contributed by atoms with Gasteiger partial charge in [0.15, 0.2) is 0 Å². The molecule has 2 aromatic heterocycles. The molecular formula is C29H36N4O8S. The van der Waals surface area contributed by atoms with Crippen LogP contribution in [-0.4, -0.2) is 54.5 Å². The highest BCUT2D eigenvalue weighted by Gasteiger charge is 2.30. The van der Waals surface area contributed by atoms with E-state index in [9.17, 15) is 27.6 Å². The van der Waals surface area contributed by atoms with Gasteiger partial charge in [-0.25, -0.2) is 13.2 Å². The zero-order chi connectivity index (χ0) is 31.5. The van der Waals surface area contributed by atoms with Gasteiger partial charge in [-0.1, -0.05) is 24.3 Å². The molecule has 3 rings (SSSR count). The number of fused-ring (bicyclic) bond motifs is 1. The zero-order valence-electron chi connectivity index (χ0n) is 24.3. The Bertz CT molecular complexity index is 1640. The number of carbonyl (C=O) groups is 3. The van der Waals surface area contributed by atoms with Crippen LogP contribution in [0.25, 0.3) is 5.52 Å². The van der Waals surface area contributed by atoms with Crippen molar-refractivity contribution in [1.82, 2.24) is 14.4 Å². The molecule has 1 amide bonds. The summed E-state index contributed by atoms with van der Waals surface area (Å²) < 4.78 is 40.0. The van der Waals surface area contributed by atoms with E-state index < -0.39 is 63.3 Å². The predicted molar refractivity (Wildman–Crippen MR) is 155 cm³/mol. The number of esters is 2. The Morgan fingerprint density at radius 3 is 2.10 bits per heavy atom. The molecule has 4 N–H and O–H groups in total. The highest BCUT2D eigenvalue weighted by molar-refractivity contribution is 7.89. The van der Waals surface area contributed by atoms with E-state index in [1.807, 2.05) is 0 Å². The number of nitrogens with zero attached hydrogens (tertiary/aromatic N) is 1. The lowest BCUT2D eigenvalue weighted by Crippen LogP contribution is -2.50. The molecule has 1 aromatic carbocycles. The first-order valence-electron chi connectivity index (χ1n) is 13.1. The lowest BCUT2D eigenvalue weighted by molar-refractivity contribution is -0.157. The van der Waals surface area contributed by atoms with Crippen LogP contribution in [-0.2, 0) is 29.1 Å². The topological polar surface area (TPSA) is 175 Å². The van der Waals surface area contributed by atoms with Crippen molar-refractivity contribution < 1.29 is 32.3 Å². The van der Waals surface area contributed by atoms with Crippen LogP contribution in [0.2, 0.25) is 0 Å². The number of aromatic nitrogens is 1. The van der Waals surface area contributed by atoms with Gasteiger partial charge < -0.3 is 20.5 Å². The summed E-state index contributed by atoms with van der Waals surface area (Å²) in [7, 11) is -4.13. The molecule has 2 atom stereocenters. The molecule has 13 heteroatoms. The fourth-order valence-corrected chi connectivity index (χ4v) is 4.96. The van der Waals surface area contributed by atoms with Crippen molar-refractivity contribution in [2.45, 2.75) is 69.7 Å². The van der Waals surface area contributed by atoms with Gasteiger partial charge in [-0.05, 0) is 71.4 Å². The Morgan fingerprint density at radius 1 is 0.905 bits per heavy atom. The summed E-state index contributed by atoms with van der Waals surface area (Å²) in [5.74, 6) is -2.28. The van der Waals surface area contributed by atoms with Crippen molar-refractivity contribution in [3.8, 4) is 0 Å². The monoisotopic (exact) mass is 600 g/mol. The Balaban J connectivity index is 1.82. The van der Waals surface area contributed by atoms with Crippen LogP contribution in [0.1, 0.15) is 63.5 Å². The van der Waals surface area contributed by atoms with E-state index in [2.05, 4.69) is 10.0 Å². The number of nitrogens with two attached hydrogens (primary N) is 1. The van der Waals surface area contributed by atoms with Gasteiger partial charge in [0.2, 0.25) is 10.0 Å². The summed E-state index contributed by atoms with van der Waals surface area (Å²) >= 11 is 0. The first-order valence-corrected chi connectivity index (χ1v) is 14.6. The van der Waals surface area contributed by atoms with Crippen molar-refractivity contribution in [3.63, 3.8) is 0 Å². The molecule has 42 heavy (non-hydrogen) atoms. The minimum absolute atomic E-state index is 0.0296. The number of amides is 1. The molecule has 0 fully saturated rings. The van der Waals surface area contributed by atoms with Gasteiger partial charge in [0.25, 0.3) is 11.5 Å². The van der Waals surface area contributed by atoms with Crippen molar-refractivity contribution in [2.24, 2.45) is 5.73 Å². The lowest BCUT2D eigenvalue weighted by Gasteiger charge is -2.24. The zero-order valence-corrected chi connectivity index (χ0v) is 25.2. The standard InChI is InChI=1S/C29H36N4O8S/c1-28(2,3)40-26(36)22(32-42(38,39)21-10-8-7-9-11-21)16-31-25(35)19-14-20-13-12-18(17-33(20)23(34)15-19)24(30)27(37)41-29(4,5)6/h7-15,17,22,24,32H,16,30H2,1-6H3,(H,31,35)/t22-,24?/m0/s1. The third-order valence-electron chi connectivity index (χ3n) is 5.61. The SMILES string of the molecule is CC(C)(C)OC(=O)C(N)c1ccc2cc(C(=O)NC[C@H](NS(=O)(=O)c3ccccc3)C(=O)OC(C)(C)C)cc(=O)n2c1. The van der Waals surface area contributed by atoms with Crippen LogP contribution in [0.15, 0.2) is 70.5 Å². The van der Waals surface area contributed by atoms with Crippen molar-refractivity contribution in [2.75, 3.05) is 6.54 Å². The normalized spacial score (nSPS) is 13.7. The van der Waals surface area contributed by atoms with Crippen molar-refractivity contribution >= 4 is 33.4 Å². The minimum Gasteiger partial charge on any atom is -0.459 e. The lowest BCUT2D eigenvalue weighted by atomic mass is 10.1. The molecule has 0 aliphatic heterocycles. The van der Waals surface area contributed by atoms with Gasteiger partial charge in [0, 0.05) is 29.9 Å². The van der Waals surface area contributed by atoms with E-state index in [0.717, 1.165) is 6.07 Å². The maximum Gasteiger partial charge on any atom is 0.328 e. The van der Waals surface area contributed by atoms with E-state index in [4.69, 9.17) is 15.2 Å². The van der Waals surface area contributed by atoms with E-state index in [-0.39, 0.29) is 10.5 Å². The molecule has 0 bridgehead atoms. The molecule has 2 heterocycles. The Hall–Kier alpha value is -4.07. The highest BCUT2D eigenvalue weighted by atomic mass is 32.2. The van der Waals surface area contributed by atoms with Gasteiger partial charge in [-0.3, -0.25) is 18.8 Å². The van der Waals surface area contributed by atoms with E-state index in [0.29, 0.717) is 11.1 Å². The van der Waals surface area contributed by atoms with Crippen LogP contribution in [0, 0.1) is 0 Å². The average Bonchev–Trinajstić information content (AvgIpc) is 2.88. The van der Waals surface area contributed by atoms with Gasteiger partial charge in [-0.2, -0.15) is 4.72 Å². The molecule has 0 saturated heterocycles. The molecule has 12 nitrogen and oxygen atoms in total. The fraction of sp³-hybridized carbons (Fsp3) is 0.379. The number of hydrogen-bond acceptors (Lipinski definition) is 9. The molecule has 3 aromatic rings. The molecule has 0 aliphatic rings. The highest BCUT2D eigenvalue weighted by Crippen LogP contribution is 2.18. The van der Waals surface area contributed by atoms with Crippen LogP contribution in [0.4, 0.5) is 0 Å². The van der Waals surface area contributed by atoms with Crippen LogP contribution >= 0.6 is 0 Å². The summed E-state index contributed by atoms with van der Waals surface area (Å²) in [5.41, 5.74) is 4.43. The van der Waals surface area contributed by atoms with E-state index in [1.165, 1.54) is 47.0 Å². The summed E-state index contributed by atoms with van der Waals surface area (Å²) in [6.07, 6.45) is 1.39. The number of rotatable bonds is 9. The Morgan fingerprint density at radius 2 is 1.50 bits per heavy atom. The Labute approximate surface area is 244 Å². The number of pyridine rings is 2. The summed E-state index contributed by atoms with van der Waals surface area (Å²) in [5, 5.41) is 2.50. The molecule has 0 aliphatic carbocycles. The number of benzene rings is 1. The van der Waals surface area contributed by atoms with Gasteiger partial charge in [-0.15, -0.1) is 0 Å². The van der Waals surface area contributed by atoms with Gasteiger partial charge in [0.05, 0.1) is 4.90 Å². The minimum atomic E-state index is -4.13. The molecule has 1 unspecified atom stereocenters. The van der Waals surface area contributed by atoms with Crippen molar-refractivity contribution in [3.05, 3.63) is 82.3 Å². The van der Waals surface area contributed by atoms with Crippen LogP contribution < -0.4 is 21.3 Å². The van der Waals surface area contributed by atoms with Gasteiger partial charge in [0.1, 0.15) is 23.3 Å². The fourth-order valence-electron chi connectivity index (χ4n) is 3.75. The molecule has 226 valence electrons.